The molecule has 0 saturated heterocycles. The van der Waals surface area contributed by atoms with Gasteiger partial charge in [-0.05, 0) is 61.2 Å². The van der Waals surface area contributed by atoms with Crippen LogP contribution >= 0.6 is 0 Å². The van der Waals surface area contributed by atoms with Crippen LogP contribution in [-0.2, 0) is 20.2 Å². The molecule has 6 nitrogen and oxygen atoms in total. The number of methoxy groups -OCH3 is 1. The van der Waals surface area contributed by atoms with Gasteiger partial charge in [0.25, 0.3) is 0 Å². The van der Waals surface area contributed by atoms with Gasteiger partial charge in [-0.2, -0.15) is 0 Å². The Hall–Kier alpha value is -2.38. The van der Waals surface area contributed by atoms with E-state index in [0.29, 0.717) is 17.8 Å². The molecule has 0 heterocycles. The Morgan fingerprint density at radius 1 is 1.10 bits per heavy atom. The number of anilines is 1. The third-order valence-corrected chi connectivity index (χ3v) is 7.21. The second kappa shape index (κ2) is 8.55. The molecule has 29 heavy (non-hydrogen) atoms. The van der Waals surface area contributed by atoms with Gasteiger partial charge < -0.3 is 10.1 Å². The molecule has 0 bridgehead atoms. The zero-order valence-corrected chi connectivity index (χ0v) is 17.9. The van der Waals surface area contributed by atoms with Gasteiger partial charge in [0.05, 0.1) is 12.0 Å². The van der Waals surface area contributed by atoms with E-state index in [1.54, 1.807) is 26.2 Å². The van der Waals surface area contributed by atoms with Gasteiger partial charge in [0.15, 0.2) is 0 Å². The Balaban J connectivity index is 1.81. The van der Waals surface area contributed by atoms with E-state index in [1.165, 1.54) is 13.0 Å². The first-order chi connectivity index (χ1) is 13.8. The average Bonchev–Trinajstić information content (AvgIpc) is 3.16. The van der Waals surface area contributed by atoms with Crippen LogP contribution in [0.2, 0.25) is 0 Å². The van der Waals surface area contributed by atoms with Crippen LogP contribution in [0.1, 0.15) is 43.7 Å². The largest absolute Gasteiger partial charge is 0.497 e. The van der Waals surface area contributed by atoms with Crippen molar-refractivity contribution in [2.24, 2.45) is 0 Å². The molecular formula is C22H28N2O4S. The van der Waals surface area contributed by atoms with Gasteiger partial charge in [0, 0.05) is 24.6 Å². The lowest BCUT2D eigenvalue weighted by Gasteiger charge is -2.30. The summed E-state index contributed by atoms with van der Waals surface area (Å²) in [5.74, 6) is 0.596. The average molecular weight is 417 g/mol. The molecule has 0 spiro atoms. The molecule has 0 aromatic heterocycles. The van der Waals surface area contributed by atoms with E-state index < -0.39 is 10.0 Å². The molecule has 7 heteroatoms. The summed E-state index contributed by atoms with van der Waals surface area (Å²) in [7, 11) is -2.04. The number of ether oxygens (including phenoxy) is 1. The molecular weight excluding hydrogens is 388 g/mol. The Morgan fingerprint density at radius 3 is 2.31 bits per heavy atom. The number of carbonyl (C=O) groups excluding carboxylic acids is 1. The first-order valence-electron chi connectivity index (χ1n) is 9.78. The third-order valence-electron chi connectivity index (χ3n) is 5.65. The van der Waals surface area contributed by atoms with Crippen LogP contribution in [0.5, 0.6) is 5.75 Å². The second-order valence-corrected chi connectivity index (χ2v) is 9.44. The summed E-state index contributed by atoms with van der Waals surface area (Å²) in [5, 5.41) is 2.67. The summed E-state index contributed by atoms with van der Waals surface area (Å²) in [5.41, 5.74) is 2.10. The maximum atomic E-state index is 13.0. The Labute approximate surface area is 172 Å². The van der Waals surface area contributed by atoms with Crippen molar-refractivity contribution in [3.8, 4) is 5.75 Å². The number of rotatable bonds is 7. The third kappa shape index (κ3) is 4.79. The van der Waals surface area contributed by atoms with Crippen LogP contribution < -0.4 is 14.8 Å². The SMILES string of the molecule is COc1ccc(C2(CNS(=O)(=O)c3ccc(NC(C)=O)cc3C)CCCC2)cc1. The van der Waals surface area contributed by atoms with E-state index in [9.17, 15) is 13.2 Å². The van der Waals surface area contributed by atoms with Gasteiger partial charge in [-0.1, -0.05) is 25.0 Å². The fourth-order valence-electron chi connectivity index (χ4n) is 4.11. The van der Waals surface area contributed by atoms with Crippen molar-refractivity contribution in [1.82, 2.24) is 4.72 Å². The molecule has 1 fully saturated rings. The van der Waals surface area contributed by atoms with E-state index in [-0.39, 0.29) is 16.2 Å². The maximum Gasteiger partial charge on any atom is 0.240 e. The van der Waals surface area contributed by atoms with Crippen LogP contribution in [0.3, 0.4) is 0 Å². The number of carbonyl (C=O) groups is 1. The van der Waals surface area contributed by atoms with Gasteiger partial charge in [-0.25, -0.2) is 13.1 Å². The standard InChI is InChI=1S/C22H28N2O4S/c1-16-14-19(24-17(2)25)8-11-21(16)29(26,27)23-15-22(12-4-5-13-22)18-6-9-20(28-3)10-7-18/h6-11,14,23H,4-5,12-13,15H2,1-3H3,(H,24,25). The summed E-state index contributed by atoms with van der Waals surface area (Å²) < 4.78 is 34.1. The number of hydrogen-bond donors (Lipinski definition) is 2. The summed E-state index contributed by atoms with van der Waals surface area (Å²) >= 11 is 0. The second-order valence-electron chi connectivity index (χ2n) is 7.70. The maximum absolute atomic E-state index is 13.0. The minimum absolute atomic E-state index is 0.194. The van der Waals surface area contributed by atoms with Crippen LogP contribution in [-0.4, -0.2) is 28.0 Å². The zero-order chi connectivity index (χ0) is 21.1. The van der Waals surface area contributed by atoms with Crippen molar-refractivity contribution in [3.63, 3.8) is 0 Å². The number of amides is 1. The number of aryl methyl sites for hydroxylation is 1. The molecule has 1 aliphatic rings. The van der Waals surface area contributed by atoms with E-state index in [2.05, 4.69) is 10.0 Å². The lowest BCUT2D eigenvalue weighted by molar-refractivity contribution is -0.114. The van der Waals surface area contributed by atoms with Crippen molar-refractivity contribution in [1.29, 1.82) is 0 Å². The minimum Gasteiger partial charge on any atom is -0.497 e. The van der Waals surface area contributed by atoms with Gasteiger partial charge in [-0.3, -0.25) is 4.79 Å². The molecule has 1 amide bonds. The molecule has 0 atom stereocenters. The van der Waals surface area contributed by atoms with Crippen LogP contribution in [0.4, 0.5) is 5.69 Å². The number of sulfonamides is 1. The summed E-state index contributed by atoms with van der Waals surface area (Å²) in [6.07, 6.45) is 4.06. The molecule has 0 unspecified atom stereocenters. The predicted octanol–water partition coefficient (Wildman–Crippen LogP) is 3.75. The minimum atomic E-state index is -3.67. The Morgan fingerprint density at radius 2 is 1.76 bits per heavy atom. The smallest absolute Gasteiger partial charge is 0.240 e. The van der Waals surface area contributed by atoms with E-state index in [4.69, 9.17) is 4.74 Å². The van der Waals surface area contributed by atoms with E-state index >= 15 is 0 Å². The number of hydrogen-bond acceptors (Lipinski definition) is 4. The number of benzene rings is 2. The molecule has 0 aliphatic heterocycles. The highest BCUT2D eigenvalue weighted by molar-refractivity contribution is 7.89. The highest BCUT2D eigenvalue weighted by atomic mass is 32.2. The van der Waals surface area contributed by atoms with Gasteiger partial charge in [0.1, 0.15) is 5.75 Å². The summed E-state index contributed by atoms with van der Waals surface area (Å²) in [6.45, 7) is 3.50. The summed E-state index contributed by atoms with van der Waals surface area (Å²) in [6, 6.07) is 12.7. The monoisotopic (exact) mass is 416 g/mol. The molecule has 2 N–H and O–H groups in total. The molecule has 0 radical (unpaired) electrons. The fourth-order valence-corrected chi connectivity index (χ4v) is 5.46. The van der Waals surface area contributed by atoms with Gasteiger partial charge in [0.2, 0.25) is 15.9 Å². The number of nitrogens with one attached hydrogen (secondary N) is 2. The van der Waals surface area contributed by atoms with Crippen LogP contribution in [0.15, 0.2) is 47.4 Å². The molecule has 1 saturated carbocycles. The molecule has 156 valence electrons. The summed E-state index contributed by atoms with van der Waals surface area (Å²) in [4.78, 5) is 11.4. The predicted molar refractivity (Wildman–Crippen MR) is 114 cm³/mol. The van der Waals surface area contributed by atoms with E-state index in [1.807, 2.05) is 24.3 Å². The first kappa shape index (κ1) is 21.3. The van der Waals surface area contributed by atoms with Crippen molar-refractivity contribution in [3.05, 3.63) is 53.6 Å². The first-order valence-corrected chi connectivity index (χ1v) is 11.3. The van der Waals surface area contributed by atoms with Crippen molar-refractivity contribution in [2.45, 2.75) is 49.8 Å². The Kier molecular flexibility index (Phi) is 6.29. The Bertz CT molecular complexity index is 978. The lowest BCUT2D eigenvalue weighted by Crippen LogP contribution is -2.39. The van der Waals surface area contributed by atoms with Gasteiger partial charge >= 0.3 is 0 Å². The van der Waals surface area contributed by atoms with Crippen LogP contribution in [0.25, 0.3) is 0 Å². The van der Waals surface area contributed by atoms with Gasteiger partial charge in [-0.15, -0.1) is 0 Å². The highest BCUT2D eigenvalue weighted by Gasteiger charge is 2.37. The fraction of sp³-hybridized carbons (Fsp3) is 0.409. The normalized spacial score (nSPS) is 15.8. The van der Waals surface area contributed by atoms with Crippen LogP contribution in [0, 0.1) is 6.92 Å². The zero-order valence-electron chi connectivity index (χ0n) is 17.1. The van der Waals surface area contributed by atoms with Crippen molar-refractivity contribution in [2.75, 3.05) is 19.0 Å². The van der Waals surface area contributed by atoms with E-state index in [0.717, 1.165) is 37.0 Å². The quantitative estimate of drug-likeness (QED) is 0.720. The van der Waals surface area contributed by atoms with Crippen molar-refractivity contribution < 1.29 is 17.9 Å². The molecule has 2 aromatic rings. The molecule has 1 aliphatic carbocycles. The molecule has 2 aromatic carbocycles. The topological polar surface area (TPSA) is 84.5 Å². The van der Waals surface area contributed by atoms with Crippen molar-refractivity contribution >= 4 is 21.6 Å². The molecule has 3 rings (SSSR count). The lowest BCUT2D eigenvalue weighted by atomic mass is 9.79. The highest BCUT2D eigenvalue weighted by Crippen LogP contribution is 2.41.